The van der Waals surface area contributed by atoms with E-state index < -0.39 is 6.10 Å². The monoisotopic (exact) mass is 1000 g/mol. The second-order valence-electron chi connectivity index (χ2n) is 19.9. The number of carbonyl (C=O) groups excluding carboxylic acids is 3. The van der Waals surface area contributed by atoms with Crippen molar-refractivity contribution in [3.63, 3.8) is 0 Å². The molecule has 0 aromatic carbocycles. The molecule has 0 N–H and O–H groups in total. The first kappa shape index (κ1) is 68.3. The van der Waals surface area contributed by atoms with Crippen LogP contribution in [0.1, 0.15) is 284 Å². The maximum Gasteiger partial charge on any atom is 0.306 e. The summed E-state index contributed by atoms with van der Waals surface area (Å²) in [6, 6.07) is 0. The maximum absolute atomic E-state index is 12.8. The summed E-state index contributed by atoms with van der Waals surface area (Å²) < 4.78 is 16.7. The van der Waals surface area contributed by atoms with Crippen LogP contribution in [0.3, 0.4) is 0 Å². The van der Waals surface area contributed by atoms with Crippen LogP contribution in [-0.2, 0) is 28.6 Å². The van der Waals surface area contributed by atoms with Crippen LogP contribution in [-0.4, -0.2) is 37.2 Å². The molecule has 6 nitrogen and oxygen atoms in total. The fraction of sp³-hybridized carbons (Fsp3) is 0.712. The van der Waals surface area contributed by atoms with Crippen molar-refractivity contribution in [2.45, 2.75) is 290 Å². The van der Waals surface area contributed by atoms with Gasteiger partial charge in [-0.25, -0.2) is 0 Å². The molecule has 0 fully saturated rings. The molecule has 72 heavy (non-hydrogen) atoms. The number of hydrogen-bond donors (Lipinski definition) is 0. The van der Waals surface area contributed by atoms with Crippen molar-refractivity contribution in [2.24, 2.45) is 0 Å². The molecule has 1 unspecified atom stereocenters. The lowest BCUT2D eigenvalue weighted by atomic mass is 10.0. The minimum absolute atomic E-state index is 0.0796. The van der Waals surface area contributed by atoms with Crippen molar-refractivity contribution in [1.82, 2.24) is 0 Å². The van der Waals surface area contributed by atoms with Crippen molar-refractivity contribution in [3.8, 4) is 0 Å². The molecule has 6 heteroatoms. The zero-order chi connectivity index (χ0) is 52.2. The Hall–Kier alpha value is -3.67. The molecular weight excluding hydrogens is 889 g/mol. The van der Waals surface area contributed by atoms with Crippen molar-refractivity contribution < 1.29 is 28.6 Å². The highest BCUT2D eigenvalue weighted by atomic mass is 16.6. The first-order valence-corrected chi connectivity index (χ1v) is 30.2. The molecular formula is C66H112O6. The number of unbranched alkanes of at least 4 members (excludes halogenated alkanes) is 27. The number of allylic oxidation sites excluding steroid dienone is 16. The average molecular weight is 1000 g/mol. The van der Waals surface area contributed by atoms with Gasteiger partial charge in [-0.05, 0) is 103 Å². The van der Waals surface area contributed by atoms with E-state index in [1.54, 1.807) is 0 Å². The van der Waals surface area contributed by atoms with Gasteiger partial charge in [0.15, 0.2) is 6.10 Å². The van der Waals surface area contributed by atoms with Crippen LogP contribution in [0.25, 0.3) is 0 Å². The first-order valence-electron chi connectivity index (χ1n) is 30.2. The fourth-order valence-corrected chi connectivity index (χ4v) is 8.30. The molecule has 412 valence electrons. The van der Waals surface area contributed by atoms with Gasteiger partial charge in [-0.3, -0.25) is 14.4 Å². The van der Waals surface area contributed by atoms with Crippen LogP contribution in [0.5, 0.6) is 0 Å². The summed E-state index contributed by atoms with van der Waals surface area (Å²) in [4.78, 5) is 37.9. The molecule has 1 atom stereocenters. The third-order valence-electron chi connectivity index (χ3n) is 12.8. The van der Waals surface area contributed by atoms with Gasteiger partial charge < -0.3 is 14.2 Å². The van der Waals surface area contributed by atoms with E-state index in [9.17, 15) is 14.4 Å². The molecule has 0 amide bonds. The lowest BCUT2D eigenvalue weighted by Crippen LogP contribution is -2.30. The predicted molar refractivity (Wildman–Crippen MR) is 311 cm³/mol. The summed E-state index contributed by atoms with van der Waals surface area (Å²) in [5, 5.41) is 0. The molecule has 0 rings (SSSR count). The molecule has 0 aliphatic carbocycles. The van der Waals surface area contributed by atoms with Crippen LogP contribution in [0, 0.1) is 0 Å². The molecule has 0 aromatic rings. The highest BCUT2D eigenvalue weighted by molar-refractivity contribution is 5.71. The fourth-order valence-electron chi connectivity index (χ4n) is 8.30. The molecule has 0 heterocycles. The largest absolute Gasteiger partial charge is 0.462 e. The topological polar surface area (TPSA) is 78.9 Å². The molecule has 0 aliphatic rings. The normalized spacial score (nSPS) is 12.8. The molecule has 0 aromatic heterocycles. The summed E-state index contributed by atoms with van der Waals surface area (Å²) in [5.74, 6) is -0.897. The van der Waals surface area contributed by atoms with Crippen LogP contribution >= 0.6 is 0 Å². The Morgan fingerprint density at radius 3 is 0.861 bits per heavy atom. The quantitative estimate of drug-likeness (QED) is 0.0261. The Morgan fingerprint density at radius 1 is 0.292 bits per heavy atom. The Morgan fingerprint density at radius 2 is 0.542 bits per heavy atom. The molecule has 0 bridgehead atoms. The minimum atomic E-state index is -0.778. The van der Waals surface area contributed by atoms with Crippen LogP contribution in [0.4, 0.5) is 0 Å². The molecule has 0 aliphatic heterocycles. The Kier molecular flexibility index (Phi) is 56.8. The Balaban J connectivity index is 4.06. The second-order valence-corrected chi connectivity index (χ2v) is 19.9. The van der Waals surface area contributed by atoms with Gasteiger partial charge in [0.25, 0.3) is 0 Å². The van der Waals surface area contributed by atoms with Gasteiger partial charge in [0.2, 0.25) is 0 Å². The van der Waals surface area contributed by atoms with Gasteiger partial charge >= 0.3 is 17.9 Å². The third kappa shape index (κ3) is 57.2. The van der Waals surface area contributed by atoms with Gasteiger partial charge in [0, 0.05) is 19.3 Å². The van der Waals surface area contributed by atoms with E-state index >= 15 is 0 Å². The third-order valence-corrected chi connectivity index (χ3v) is 12.8. The summed E-state index contributed by atoms with van der Waals surface area (Å²) in [7, 11) is 0. The number of hydrogen-bond acceptors (Lipinski definition) is 6. The lowest BCUT2D eigenvalue weighted by Gasteiger charge is -2.18. The minimum Gasteiger partial charge on any atom is -0.462 e. The van der Waals surface area contributed by atoms with Crippen molar-refractivity contribution in [2.75, 3.05) is 13.2 Å². The van der Waals surface area contributed by atoms with Gasteiger partial charge in [-0.2, -0.15) is 0 Å². The lowest BCUT2D eigenvalue weighted by molar-refractivity contribution is -0.167. The molecule has 0 radical (unpaired) electrons. The number of rotatable bonds is 54. The van der Waals surface area contributed by atoms with E-state index in [1.807, 2.05) is 0 Å². The zero-order valence-electron chi connectivity index (χ0n) is 47.2. The van der Waals surface area contributed by atoms with Gasteiger partial charge in [0.05, 0.1) is 0 Å². The SMILES string of the molecule is CC/C=C\C/C=C\C/C=C\C/C=C\C/C=C\C/C=C\C/C=C\CCCCCCCCCCCCCC(=O)OCC(COC(=O)CCCCCCCC)OC(=O)CCCCCCC/C=C\CCCCCCCC. The van der Waals surface area contributed by atoms with E-state index in [0.717, 1.165) is 116 Å². The summed E-state index contributed by atoms with van der Waals surface area (Å²) in [6.45, 7) is 6.46. The average Bonchev–Trinajstić information content (AvgIpc) is 3.38. The van der Waals surface area contributed by atoms with Crippen LogP contribution in [0.2, 0.25) is 0 Å². The van der Waals surface area contributed by atoms with Gasteiger partial charge in [0.1, 0.15) is 13.2 Å². The number of ether oxygens (including phenoxy) is 3. The predicted octanol–water partition coefficient (Wildman–Crippen LogP) is 20.5. The van der Waals surface area contributed by atoms with E-state index in [4.69, 9.17) is 14.2 Å². The summed E-state index contributed by atoms with van der Waals surface area (Å²) >= 11 is 0. The Labute approximate surface area is 445 Å². The second kappa shape index (κ2) is 59.9. The van der Waals surface area contributed by atoms with E-state index in [0.29, 0.717) is 19.3 Å². The molecule has 0 saturated carbocycles. The smallest absolute Gasteiger partial charge is 0.306 e. The standard InChI is InChI=1S/C66H112O6/c1-4-7-10-13-16-18-20-22-24-25-26-27-28-29-30-31-32-33-34-35-36-37-38-39-40-41-43-44-46-48-50-53-56-59-65(68)71-62-63(61-70-64(67)58-55-52-15-12-9-6-3)72-66(69)60-57-54-51-49-47-45-42-23-21-19-17-14-11-8-5-2/h7,10,16,18,22-24,26-27,29-30,32-33,35-36,42,63H,4-6,8-9,11-15,17,19-21,25,28,31,34,37-41,43-62H2,1-3H3/b10-7-,18-16-,24-22-,27-26-,30-29-,33-32-,36-35-,42-23-. The molecule has 0 saturated heterocycles. The van der Waals surface area contributed by atoms with E-state index in [1.165, 1.54) is 128 Å². The summed E-state index contributed by atoms with van der Waals surface area (Å²) in [6.07, 6.45) is 80.1. The van der Waals surface area contributed by atoms with Gasteiger partial charge in [-0.1, -0.05) is 259 Å². The van der Waals surface area contributed by atoms with Crippen LogP contribution < -0.4 is 0 Å². The van der Waals surface area contributed by atoms with E-state index in [2.05, 4.69) is 118 Å². The van der Waals surface area contributed by atoms with Crippen molar-refractivity contribution >= 4 is 17.9 Å². The molecule has 0 spiro atoms. The van der Waals surface area contributed by atoms with E-state index in [-0.39, 0.29) is 31.1 Å². The highest BCUT2D eigenvalue weighted by Gasteiger charge is 2.19. The maximum atomic E-state index is 12.8. The zero-order valence-corrected chi connectivity index (χ0v) is 47.2. The Bertz CT molecular complexity index is 1430. The first-order chi connectivity index (χ1) is 35.5. The highest BCUT2D eigenvalue weighted by Crippen LogP contribution is 2.15. The van der Waals surface area contributed by atoms with Gasteiger partial charge in [-0.15, -0.1) is 0 Å². The summed E-state index contributed by atoms with van der Waals surface area (Å²) in [5.41, 5.74) is 0. The number of carbonyl (C=O) groups is 3. The number of esters is 3. The van der Waals surface area contributed by atoms with Crippen LogP contribution in [0.15, 0.2) is 97.2 Å². The van der Waals surface area contributed by atoms with Crippen molar-refractivity contribution in [1.29, 1.82) is 0 Å². The van der Waals surface area contributed by atoms with Crippen molar-refractivity contribution in [3.05, 3.63) is 97.2 Å².